The summed E-state index contributed by atoms with van der Waals surface area (Å²) in [5.41, 5.74) is 1.66. The first-order valence-corrected chi connectivity index (χ1v) is 9.31. The average Bonchev–Trinajstić information content (AvgIpc) is 2.70. The van der Waals surface area contributed by atoms with Crippen molar-refractivity contribution in [3.63, 3.8) is 0 Å². The predicted octanol–water partition coefficient (Wildman–Crippen LogP) is 4.72. The molecule has 0 unspecified atom stereocenters. The van der Waals surface area contributed by atoms with E-state index >= 15 is 0 Å². The molecule has 134 valence electrons. The zero-order valence-corrected chi connectivity index (χ0v) is 15.5. The highest BCUT2D eigenvalue weighted by molar-refractivity contribution is 7.99. The van der Waals surface area contributed by atoms with Gasteiger partial charge in [0.05, 0.1) is 16.9 Å². The van der Waals surface area contributed by atoms with E-state index in [-0.39, 0.29) is 16.6 Å². The highest BCUT2D eigenvalue weighted by Crippen LogP contribution is 2.47. The van der Waals surface area contributed by atoms with Gasteiger partial charge in [-0.3, -0.25) is 9.69 Å². The Hall–Kier alpha value is -2.83. The Balaban J connectivity index is 1.59. The first-order valence-electron chi connectivity index (χ1n) is 8.11. The highest BCUT2D eigenvalue weighted by atomic mass is 35.5. The zero-order valence-electron chi connectivity index (χ0n) is 14.0. The van der Waals surface area contributed by atoms with Gasteiger partial charge >= 0.3 is 5.97 Å². The number of anilines is 2. The Morgan fingerprint density at radius 3 is 2.22 bits per heavy atom. The van der Waals surface area contributed by atoms with Gasteiger partial charge in [-0.2, -0.15) is 0 Å². The van der Waals surface area contributed by atoms with E-state index in [1.54, 1.807) is 22.7 Å². The van der Waals surface area contributed by atoms with E-state index in [4.69, 9.17) is 16.3 Å². The maximum atomic E-state index is 12.9. The molecule has 3 aromatic rings. The fourth-order valence-corrected chi connectivity index (χ4v) is 4.04. The molecule has 1 aliphatic rings. The molecule has 1 amide bonds. The molecule has 0 atom stereocenters. The predicted molar refractivity (Wildman–Crippen MR) is 104 cm³/mol. The van der Waals surface area contributed by atoms with E-state index in [0.717, 1.165) is 21.2 Å². The van der Waals surface area contributed by atoms with Crippen molar-refractivity contribution in [1.29, 1.82) is 0 Å². The van der Waals surface area contributed by atoms with Crippen molar-refractivity contribution in [2.75, 3.05) is 11.5 Å². The summed E-state index contributed by atoms with van der Waals surface area (Å²) in [5.74, 6) is -1.03. The van der Waals surface area contributed by atoms with E-state index in [2.05, 4.69) is 4.98 Å². The summed E-state index contributed by atoms with van der Waals surface area (Å²) in [6, 6.07) is 18.3. The van der Waals surface area contributed by atoms with Gasteiger partial charge in [-0.1, -0.05) is 47.6 Å². The van der Waals surface area contributed by atoms with Gasteiger partial charge in [0.25, 0.3) is 5.91 Å². The summed E-state index contributed by atoms with van der Waals surface area (Å²) in [6.45, 7) is -0.405. The minimum Gasteiger partial charge on any atom is -0.452 e. The first-order chi connectivity index (χ1) is 13.1. The van der Waals surface area contributed by atoms with Crippen molar-refractivity contribution in [2.24, 2.45) is 0 Å². The second kappa shape index (κ2) is 7.42. The molecule has 2 heterocycles. The molecule has 0 N–H and O–H groups in total. The van der Waals surface area contributed by atoms with E-state index < -0.39 is 12.6 Å². The number of nitrogens with zero attached hydrogens (tertiary/aromatic N) is 2. The molecule has 0 bridgehead atoms. The van der Waals surface area contributed by atoms with Crippen LogP contribution in [-0.4, -0.2) is 23.5 Å². The first kappa shape index (κ1) is 17.6. The molecule has 7 heteroatoms. The quantitative estimate of drug-likeness (QED) is 0.473. The largest absolute Gasteiger partial charge is 0.452 e. The number of carbonyl (C=O) groups is 2. The second-order valence-electron chi connectivity index (χ2n) is 5.68. The van der Waals surface area contributed by atoms with Gasteiger partial charge < -0.3 is 4.74 Å². The van der Waals surface area contributed by atoms with E-state index in [9.17, 15) is 9.59 Å². The molecule has 0 saturated carbocycles. The average molecular weight is 397 g/mol. The number of carbonyl (C=O) groups excluding carboxylic acids is 2. The van der Waals surface area contributed by atoms with Crippen LogP contribution >= 0.6 is 23.4 Å². The van der Waals surface area contributed by atoms with Gasteiger partial charge in [-0.05, 0) is 36.4 Å². The minimum absolute atomic E-state index is 0.0417. The van der Waals surface area contributed by atoms with Crippen LogP contribution in [0.2, 0.25) is 5.15 Å². The molecule has 27 heavy (non-hydrogen) atoms. The number of ether oxygens (including phenoxy) is 1. The number of aromatic nitrogens is 1. The minimum atomic E-state index is -0.686. The van der Waals surface area contributed by atoms with Crippen LogP contribution in [0.3, 0.4) is 0 Å². The van der Waals surface area contributed by atoms with Gasteiger partial charge in [0, 0.05) is 16.0 Å². The molecule has 5 nitrogen and oxygen atoms in total. The van der Waals surface area contributed by atoms with Gasteiger partial charge in [-0.15, -0.1) is 0 Å². The Bertz CT molecular complexity index is 995. The number of pyridine rings is 1. The van der Waals surface area contributed by atoms with Crippen molar-refractivity contribution in [1.82, 2.24) is 4.98 Å². The second-order valence-corrected chi connectivity index (χ2v) is 7.13. The smallest absolute Gasteiger partial charge is 0.341 e. The lowest BCUT2D eigenvalue weighted by Crippen LogP contribution is -2.32. The number of rotatable bonds is 3. The zero-order chi connectivity index (χ0) is 18.8. The molecule has 1 aromatic heterocycles. The summed E-state index contributed by atoms with van der Waals surface area (Å²) >= 11 is 7.51. The number of benzene rings is 2. The third-order valence-corrected chi connectivity index (χ3v) is 5.42. The molecule has 2 aromatic carbocycles. The van der Waals surface area contributed by atoms with Crippen LogP contribution in [0.25, 0.3) is 0 Å². The normalized spacial score (nSPS) is 12.1. The van der Waals surface area contributed by atoms with Gasteiger partial charge in [-0.25, -0.2) is 9.78 Å². The molecule has 4 rings (SSSR count). The van der Waals surface area contributed by atoms with Gasteiger partial charge in [0.15, 0.2) is 6.61 Å². The summed E-state index contributed by atoms with van der Waals surface area (Å²) < 4.78 is 5.19. The lowest BCUT2D eigenvalue weighted by atomic mass is 10.2. The molecular weight excluding hydrogens is 384 g/mol. The third kappa shape index (κ3) is 3.41. The Labute approximate surface area is 164 Å². The molecule has 0 fully saturated rings. The number of esters is 1. The lowest BCUT2D eigenvalue weighted by molar-refractivity contribution is -0.121. The van der Waals surface area contributed by atoms with Crippen molar-refractivity contribution < 1.29 is 14.3 Å². The number of hydrogen-bond donors (Lipinski definition) is 0. The van der Waals surface area contributed by atoms with Crippen molar-refractivity contribution >= 4 is 46.6 Å². The Morgan fingerprint density at radius 2 is 1.59 bits per heavy atom. The van der Waals surface area contributed by atoms with E-state index in [1.807, 2.05) is 48.5 Å². The Kier molecular flexibility index (Phi) is 4.83. The lowest BCUT2D eigenvalue weighted by Gasteiger charge is -2.30. The number of hydrogen-bond acceptors (Lipinski definition) is 5. The molecule has 1 aliphatic heterocycles. The van der Waals surface area contributed by atoms with Crippen LogP contribution in [0.1, 0.15) is 10.4 Å². The molecular formula is C20H13ClN2O3S. The van der Waals surface area contributed by atoms with Gasteiger partial charge in [0.1, 0.15) is 5.15 Å². The van der Waals surface area contributed by atoms with Crippen molar-refractivity contribution in [3.8, 4) is 0 Å². The third-order valence-electron chi connectivity index (χ3n) is 3.99. The topological polar surface area (TPSA) is 59.5 Å². The SMILES string of the molecule is O=C(OCC(=O)N1c2ccccc2Sc2ccccc21)c1cccnc1Cl. The fourth-order valence-electron chi connectivity index (χ4n) is 2.78. The maximum Gasteiger partial charge on any atom is 0.341 e. The monoisotopic (exact) mass is 396 g/mol. The van der Waals surface area contributed by atoms with Crippen LogP contribution < -0.4 is 4.90 Å². The standard InChI is InChI=1S/C20H13ClN2O3S/c21-19-13(6-5-11-22-19)20(25)26-12-18(24)23-14-7-1-3-9-16(14)27-17-10-4-2-8-15(17)23/h1-11H,12H2. The van der Waals surface area contributed by atoms with Crippen LogP contribution in [0.15, 0.2) is 76.7 Å². The van der Waals surface area contributed by atoms with Gasteiger partial charge in [0.2, 0.25) is 0 Å². The fraction of sp³-hybridized carbons (Fsp3) is 0.0500. The molecule has 0 aliphatic carbocycles. The maximum absolute atomic E-state index is 12.9. The number of para-hydroxylation sites is 2. The molecule has 0 spiro atoms. The van der Waals surface area contributed by atoms with Crippen LogP contribution in [-0.2, 0) is 9.53 Å². The molecule has 0 radical (unpaired) electrons. The highest BCUT2D eigenvalue weighted by Gasteiger charge is 2.28. The summed E-state index contributed by atoms with van der Waals surface area (Å²) in [5, 5.41) is 0.0417. The van der Waals surface area contributed by atoms with Crippen LogP contribution in [0.4, 0.5) is 11.4 Å². The molecule has 0 saturated heterocycles. The van der Waals surface area contributed by atoms with Crippen molar-refractivity contribution in [2.45, 2.75) is 9.79 Å². The van der Waals surface area contributed by atoms with Crippen LogP contribution in [0.5, 0.6) is 0 Å². The number of fused-ring (bicyclic) bond motifs is 2. The number of amides is 1. The number of halogens is 1. The van der Waals surface area contributed by atoms with Crippen molar-refractivity contribution in [3.05, 3.63) is 77.6 Å². The van der Waals surface area contributed by atoms with E-state index in [1.165, 1.54) is 12.3 Å². The summed E-state index contributed by atoms with van der Waals surface area (Å²) in [6.07, 6.45) is 1.48. The van der Waals surface area contributed by atoms with E-state index in [0.29, 0.717) is 0 Å². The summed E-state index contributed by atoms with van der Waals surface area (Å²) in [7, 11) is 0. The summed E-state index contributed by atoms with van der Waals surface area (Å²) in [4.78, 5) is 32.5. The Morgan fingerprint density at radius 1 is 0.963 bits per heavy atom. The van der Waals surface area contributed by atoms with Crippen LogP contribution in [0, 0.1) is 0 Å².